The topological polar surface area (TPSA) is 71.6 Å². The quantitative estimate of drug-likeness (QED) is 0.910. The molecule has 2 aromatic rings. The molecule has 6 heteroatoms. The third-order valence-corrected chi connectivity index (χ3v) is 4.01. The lowest BCUT2D eigenvalue weighted by Crippen LogP contribution is -2.24. The zero-order chi connectivity index (χ0) is 15.5. The van der Waals surface area contributed by atoms with E-state index in [0.29, 0.717) is 31.3 Å². The van der Waals surface area contributed by atoms with Crippen molar-refractivity contribution in [1.82, 2.24) is 15.1 Å². The van der Waals surface area contributed by atoms with Gasteiger partial charge in [-0.2, -0.15) is 0 Å². The van der Waals surface area contributed by atoms with Crippen LogP contribution in [-0.2, 0) is 13.0 Å². The van der Waals surface area contributed by atoms with Crippen LogP contribution < -0.4 is 4.74 Å². The molecule has 0 saturated carbocycles. The maximum absolute atomic E-state index is 10.0. The number of aromatic nitrogens is 2. The molecule has 1 aliphatic heterocycles. The smallest absolute Gasteiger partial charge is 0.230 e. The second kappa shape index (κ2) is 6.46. The summed E-state index contributed by atoms with van der Waals surface area (Å²) in [5.74, 6) is 2.07. The Morgan fingerprint density at radius 2 is 2.18 bits per heavy atom. The third-order valence-electron chi connectivity index (χ3n) is 4.01. The van der Waals surface area contributed by atoms with Gasteiger partial charge in [0.1, 0.15) is 5.75 Å². The second-order valence-corrected chi connectivity index (χ2v) is 5.55. The van der Waals surface area contributed by atoms with Crippen molar-refractivity contribution in [2.75, 3.05) is 13.7 Å². The molecule has 0 unspecified atom stereocenters. The molecule has 22 heavy (non-hydrogen) atoms. The Balaban J connectivity index is 1.79. The van der Waals surface area contributed by atoms with Crippen molar-refractivity contribution in [3.63, 3.8) is 0 Å². The highest BCUT2D eigenvalue weighted by atomic mass is 16.5. The van der Waals surface area contributed by atoms with E-state index in [1.807, 2.05) is 25.1 Å². The van der Waals surface area contributed by atoms with Gasteiger partial charge in [0.2, 0.25) is 11.8 Å². The van der Waals surface area contributed by atoms with E-state index in [-0.39, 0.29) is 12.1 Å². The molecule has 1 aliphatic rings. The number of aliphatic hydroxyl groups is 1. The zero-order valence-electron chi connectivity index (χ0n) is 12.9. The maximum Gasteiger partial charge on any atom is 0.230 e. The molecule has 1 saturated heterocycles. The molecule has 0 amide bonds. The summed E-state index contributed by atoms with van der Waals surface area (Å²) in [5, 5.41) is 18.1. The number of aliphatic hydroxyl groups excluding tert-OH is 1. The number of rotatable bonds is 5. The maximum atomic E-state index is 10.0. The molecule has 1 fully saturated rings. The van der Waals surface area contributed by atoms with Crippen molar-refractivity contribution in [2.24, 2.45) is 0 Å². The normalized spacial score (nSPS) is 22.1. The minimum Gasteiger partial charge on any atom is -0.497 e. The van der Waals surface area contributed by atoms with Gasteiger partial charge < -0.3 is 14.3 Å². The fourth-order valence-corrected chi connectivity index (χ4v) is 2.92. The number of β-amino-alcohol motifs (C(OH)–C–C–N with tert-alkyl or cyclic N) is 1. The third kappa shape index (κ3) is 3.13. The minimum atomic E-state index is -0.343. The summed E-state index contributed by atoms with van der Waals surface area (Å²) in [6, 6.07) is 8.09. The van der Waals surface area contributed by atoms with Crippen molar-refractivity contribution in [3.05, 3.63) is 41.6 Å². The molecule has 3 rings (SSSR count). The number of ether oxygens (including phenoxy) is 1. The van der Waals surface area contributed by atoms with Crippen LogP contribution in [0.2, 0.25) is 0 Å². The molecule has 0 radical (unpaired) electrons. The van der Waals surface area contributed by atoms with Crippen molar-refractivity contribution in [3.8, 4) is 5.75 Å². The lowest BCUT2D eigenvalue weighted by atomic mass is 10.0. The van der Waals surface area contributed by atoms with E-state index in [1.165, 1.54) is 0 Å². The van der Waals surface area contributed by atoms with E-state index in [2.05, 4.69) is 21.2 Å². The first-order valence-corrected chi connectivity index (χ1v) is 7.57. The number of nitrogens with zero attached hydrogens (tertiary/aromatic N) is 3. The Kier molecular flexibility index (Phi) is 4.40. The first kappa shape index (κ1) is 15.0. The van der Waals surface area contributed by atoms with Crippen molar-refractivity contribution < 1.29 is 14.3 Å². The van der Waals surface area contributed by atoms with Crippen LogP contribution in [0, 0.1) is 0 Å². The summed E-state index contributed by atoms with van der Waals surface area (Å²) in [4.78, 5) is 2.17. The molecule has 1 aromatic carbocycles. The molecule has 6 nitrogen and oxygen atoms in total. The number of methoxy groups -OCH3 is 1. The van der Waals surface area contributed by atoms with Gasteiger partial charge in [-0.25, -0.2) is 0 Å². The Hall–Kier alpha value is -1.92. The van der Waals surface area contributed by atoms with E-state index in [0.717, 1.165) is 17.7 Å². The molecular weight excluding hydrogens is 282 g/mol. The number of hydrogen-bond donors (Lipinski definition) is 1. The molecule has 0 bridgehead atoms. The highest BCUT2D eigenvalue weighted by molar-refractivity contribution is 5.31. The SMILES string of the molecule is CCc1nnc(CN2C[C@@H](O)C[C@@H]2c2cccc(OC)c2)o1. The van der Waals surface area contributed by atoms with Crippen LogP contribution in [0.5, 0.6) is 5.75 Å². The second-order valence-electron chi connectivity index (χ2n) is 5.55. The largest absolute Gasteiger partial charge is 0.497 e. The van der Waals surface area contributed by atoms with Crippen molar-refractivity contribution >= 4 is 0 Å². The van der Waals surface area contributed by atoms with Gasteiger partial charge in [0.15, 0.2) is 0 Å². The van der Waals surface area contributed by atoms with Gasteiger partial charge in [0, 0.05) is 19.0 Å². The highest BCUT2D eigenvalue weighted by Gasteiger charge is 2.33. The van der Waals surface area contributed by atoms with Crippen LogP contribution in [0.1, 0.15) is 36.7 Å². The van der Waals surface area contributed by atoms with Crippen LogP contribution >= 0.6 is 0 Å². The molecule has 1 aromatic heterocycles. The average molecular weight is 303 g/mol. The highest BCUT2D eigenvalue weighted by Crippen LogP contribution is 2.34. The first-order chi connectivity index (χ1) is 10.7. The molecule has 0 aliphatic carbocycles. The fraction of sp³-hybridized carbons (Fsp3) is 0.500. The van der Waals surface area contributed by atoms with Gasteiger partial charge in [0.25, 0.3) is 0 Å². The predicted octanol–water partition coefficient (Wildman–Crippen LogP) is 1.95. The molecule has 118 valence electrons. The van der Waals surface area contributed by atoms with Crippen molar-refractivity contribution in [2.45, 2.75) is 38.5 Å². The molecule has 1 N–H and O–H groups in total. The van der Waals surface area contributed by atoms with Gasteiger partial charge in [-0.1, -0.05) is 19.1 Å². The standard InChI is InChI=1S/C16H21N3O3/c1-3-15-17-18-16(22-15)10-19-9-12(20)8-14(19)11-5-4-6-13(7-11)21-2/h4-7,12,14,20H,3,8-10H2,1-2H3/t12-,14+/m0/s1. The Labute approximate surface area is 129 Å². The Morgan fingerprint density at radius 1 is 1.36 bits per heavy atom. The number of benzene rings is 1. The summed E-state index contributed by atoms with van der Waals surface area (Å²) in [5.41, 5.74) is 1.13. The van der Waals surface area contributed by atoms with Gasteiger partial charge in [-0.3, -0.25) is 4.90 Å². The van der Waals surface area contributed by atoms with Gasteiger partial charge in [0.05, 0.1) is 19.8 Å². The molecular formula is C16H21N3O3. The first-order valence-electron chi connectivity index (χ1n) is 7.57. The number of aryl methyl sites for hydroxylation is 1. The van der Waals surface area contributed by atoms with Crippen LogP contribution in [-0.4, -0.2) is 40.0 Å². The van der Waals surface area contributed by atoms with Crippen molar-refractivity contribution in [1.29, 1.82) is 0 Å². The van der Waals surface area contributed by atoms with E-state index in [1.54, 1.807) is 7.11 Å². The summed E-state index contributed by atoms with van der Waals surface area (Å²) >= 11 is 0. The van der Waals surface area contributed by atoms with Gasteiger partial charge in [-0.05, 0) is 24.1 Å². The molecule has 2 atom stereocenters. The van der Waals surface area contributed by atoms with Crippen LogP contribution in [0.3, 0.4) is 0 Å². The minimum absolute atomic E-state index is 0.127. The lowest BCUT2D eigenvalue weighted by molar-refractivity contribution is 0.167. The van der Waals surface area contributed by atoms with E-state index < -0.39 is 0 Å². The Morgan fingerprint density at radius 3 is 2.91 bits per heavy atom. The Bertz CT molecular complexity index is 629. The average Bonchev–Trinajstić information content (AvgIpc) is 3.14. The van der Waals surface area contributed by atoms with Crippen LogP contribution in [0.15, 0.2) is 28.7 Å². The van der Waals surface area contributed by atoms with E-state index in [4.69, 9.17) is 9.15 Å². The van der Waals surface area contributed by atoms with E-state index >= 15 is 0 Å². The summed E-state index contributed by atoms with van der Waals surface area (Å²) < 4.78 is 10.9. The summed E-state index contributed by atoms with van der Waals surface area (Å²) in [7, 11) is 1.66. The molecule has 2 heterocycles. The van der Waals surface area contributed by atoms with Crippen LogP contribution in [0.4, 0.5) is 0 Å². The van der Waals surface area contributed by atoms with Crippen LogP contribution in [0.25, 0.3) is 0 Å². The summed E-state index contributed by atoms with van der Waals surface area (Å²) in [6.45, 7) is 3.13. The monoisotopic (exact) mass is 303 g/mol. The van der Waals surface area contributed by atoms with Gasteiger partial charge in [-0.15, -0.1) is 10.2 Å². The van der Waals surface area contributed by atoms with Gasteiger partial charge >= 0.3 is 0 Å². The number of likely N-dealkylation sites (tertiary alicyclic amines) is 1. The molecule has 0 spiro atoms. The fourth-order valence-electron chi connectivity index (χ4n) is 2.92. The lowest BCUT2D eigenvalue weighted by Gasteiger charge is -2.23. The van der Waals surface area contributed by atoms with E-state index in [9.17, 15) is 5.11 Å². The zero-order valence-corrected chi connectivity index (χ0v) is 12.9. The number of hydrogen-bond acceptors (Lipinski definition) is 6. The summed E-state index contributed by atoms with van der Waals surface area (Å²) in [6.07, 6.45) is 1.08. The predicted molar refractivity (Wildman–Crippen MR) is 80.4 cm³/mol.